The van der Waals surface area contributed by atoms with E-state index < -0.39 is 5.41 Å². The molecular formula is C115H99B2N3O. The molecule has 4 aliphatic heterocycles. The van der Waals surface area contributed by atoms with Gasteiger partial charge in [0.15, 0.2) is 0 Å². The third kappa shape index (κ3) is 11.3. The first-order chi connectivity index (χ1) is 58.2. The lowest BCUT2D eigenvalue weighted by Crippen LogP contribution is -2.64. The van der Waals surface area contributed by atoms with Gasteiger partial charge in [-0.15, -0.1) is 0 Å². The molecule has 2 aliphatic carbocycles. The maximum Gasteiger partial charge on any atom is 0.256 e. The minimum atomic E-state index is -0.568. The Balaban J connectivity index is 0.853. The zero-order valence-corrected chi connectivity index (χ0v) is 72.1. The van der Waals surface area contributed by atoms with Gasteiger partial charge >= 0.3 is 0 Å². The molecule has 121 heavy (non-hydrogen) atoms. The van der Waals surface area contributed by atoms with Crippen LogP contribution in [0.3, 0.4) is 0 Å². The highest BCUT2D eigenvalue weighted by Gasteiger charge is 2.54. The highest BCUT2D eigenvalue weighted by Crippen LogP contribution is 2.65. The van der Waals surface area contributed by atoms with Crippen molar-refractivity contribution in [3.63, 3.8) is 0 Å². The molecule has 586 valence electrons. The molecule has 1 spiro atoms. The van der Waals surface area contributed by atoms with Crippen molar-refractivity contribution < 1.29 is 4.74 Å². The molecule has 0 N–H and O–H groups in total. The predicted molar refractivity (Wildman–Crippen MR) is 515 cm³/mol. The number of hydrogen-bond donors (Lipinski definition) is 0. The van der Waals surface area contributed by atoms with Crippen LogP contribution in [0.1, 0.15) is 154 Å². The quantitative estimate of drug-likeness (QED) is 0.148. The van der Waals surface area contributed by atoms with Gasteiger partial charge in [0, 0.05) is 62.4 Å². The van der Waals surface area contributed by atoms with E-state index >= 15 is 0 Å². The topological polar surface area (TPSA) is 19.0 Å². The van der Waals surface area contributed by atoms with Crippen molar-refractivity contribution in [2.45, 2.75) is 136 Å². The van der Waals surface area contributed by atoms with Crippen molar-refractivity contribution in [3.05, 3.63) is 378 Å². The van der Waals surface area contributed by atoms with Crippen LogP contribution in [0, 0.1) is 0 Å². The summed E-state index contributed by atoms with van der Waals surface area (Å²) in [4.78, 5) is 7.93. The van der Waals surface area contributed by atoms with Crippen molar-refractivity contribution in [2.24, 2.45) is 0 Å². The number of anilines is 9. The molecule has 0 unspecified atom stereocenters. The van der Waals surface area contributed by atoms with E-state index in [1.807, 2.05) is 0 Å². The van der Waals surface area contributed by atoms with E-state index in [4.69, 9.17) is 4.74 Å². The second kappa shape index (κ2) is 26.6. The van der Waals surface area contributed by atoms with E-state index in [0.717, 1.165) is 101 Å². The van der Waals surface area contributed by atoms with E-state index in [1.165, 1.54) is 122 Å². The number of para-hydroxylation sites is 3. The molecule has 4 nitrogen and oxygen atoms in total. The van der Waals surface area contributed by atoms with E-state index in [1.54, 1.807) is 0 Å². The van der Waals surface area contributed by atoms with Crippen molar-refractivity contribution in [1.29, 1.82) is 0 Å². The lowest BCUT2D eigenvalue weighted by molar-refractivity contribution is 0.488. The van der Waals surface area contributed by atoms with Gasteiger partial charge < -0.3 is 19.4 Å². The van der Waals surface area contributed by atoms with Crippen molar-refractivity contribution >= 4 is 108 Å². The second-order valence-electron chi connectivity index (χ2n) is 40.0. The molecule has 16 aromatic carbocycles. The van der Waals surface area contributed by atoms with Crippen LogP contribution in [0.25, 0.3) is 77.5 Å². The van der Waals surface area contributed by atoms with Crippen LogP contribution in [-0.4, -0.2) is 13.4 Å². The largest absolute Gasteiger partial charge is 0.458 e. The minimum Gasteiger partial charge on any atom is -0.458 e. The van der Waals surface area contributed by atoms with E-state index in [-0.39, 0.29) is 40.5 Å². The maximum atomic E-state index is 8.31. The molecule has 16 aromatic rings. The summed E-state index contributed by atoms with van der Waals surface area (Å²) in [5.74, 6) is 1.69. The van der Waals surface area contributed by atoms with Gasteiger partial charge in [-0.05, 0) is 244 Å². The standard InChI is InChI=1S/C115H99B2N3O/c1-110(2,3)76-57-73(58-77(62-76)111(4,5)6)74-59-101-106-102(60-74)119(82-64-78(112(7,8)9)63-79(65-82)113(10,11)12)100-69-103-97(68-96(100)116(106)94-50-31-33-52-98(94)118(101)81-40-23-18-24-41-81)117-95-51-32-34-53-99(95)120(108-89(70-36-19-16-20-37-70)66-80(114(13,14)15)67-90(108)71-38-21-17-22-39-71)109-84-55-54-72(56-75(84)61-104(121-103)107(109)117)83-45-35-46-88-87-44-27-30-49-93(87)115(105(83)88)91-47-28-25-42-85(91)86-43-26-29-48-92(86)115/h16-69H,1-15H3. The van der Waals surface area contributed by atoms with Gasteiger partial charge in [-0.1, -0.05) is 353 Å². The maximum absolute atomic E-state index is 8.31. The summed E-state index contributed by atoms with van der Waals surface area (Å²) in [6.07, 6.45) is 0. The summed E-state index contributed by atoms with van der Waals surface area (Å²) in [5, 5.41) is 2.24. The number of hydrogen-bond acceptors (Lipinski definition) is 4. The number of benzene rings is 16. The molecule has 0 fully saturated rings. The lowest BCUT2D eigenvalue weighted by atomic mass is 9.30. The van der Waals surface area contributed by atoms with Gasteiger partial charge in [-0.2, -0.15) is 0 Å². The monoisotopic (exact) mass is 1560 g/mol. The molecule has 0 amide bonds. The Labute approximate surface area is 715 Å². The highest BCUT2D eigenvalue weighted by molar-refractivity contribution is 7.02. The Morgan fingerprint density at radius 2 is 0.678 bits per heavy atom. The molecular weight excluding hydrogens is 1460 g/mol. The summed E-state index contributed by atoms with van der Waals surface area (Å²) in [6.45, 7) is 35.0. The first-order valence-corrected chi connectivity index (χ1v) is 43.5. The summed E-state index contributed by atoms with van der Waals surface area (Å²) in [6, 6.07) is 127. The fourth-order valence-corrected chi connectivity index (χ4v) is 21.3. The Bertz CT molecular complexity index is 6850. The molecule has 0 radical (unpaired) electrons. The molecule has 6 heteroatoms. The summed E-state index contributed by atoms with van der Waals surface area (Å²) in [5.41, 5.74) is 42.4. The number of nitrogens with zero attached hydrogens (tertiary/aromatic N) is 3. The van der Waals surface area contributed by atoms with Crippen LogP contribution in [0.2, 0.25) is 0 Å². The van der Waals surface area contributed by atoms with Gasteiger partial charge in [0.2, 0.25) is 0 Å². The molecule has 0 bridgehead atoms. The molecule has 4 heterocycles. The summed E-state index contributed by atoms with van der Waals surface area (Å²) < 4.78 is 8.31. The minimum absolute atomic E-state index is 0.118. The molecule has 0 atom stereocenters. The van der Waals surface area contributed by atoms with Crippen LogP contribution >= 0.6 is 0 Å². The third-order valence-electron chi connectivity index (χ3n) is 27.4. The van der Waals surface area contributed by atoms with Crippen molar-refractivity contribution in [1.82, 2.24) is 0 Å². The van der Waals surface area contributed by atoms with Crippen molar-refractivity contribution in [2.75, 3.05) is 14.7 Å². The Hall–Kier alpha value is -12.9. The van der Waals surface area contributed by atoms with Gasteiger partial charge in [0.1, 0.15) is 11.5 Å². The zero-order chi connectivity index (χ0) is 82.9. The molecule has 0 saturated heterocycles. The molecule has 22 rings (SSSR count). The number of ether oxygens (including phenoxy) is 1. The van der Waals surface area contributed by atoms with E-state index in [2.05, 4.69) is 446 Å². The van der Waals surface area contributed by atoms with Crippen molar-refractivity contribution in [3.8, 4) is 78.3 Å². The molecule has 6 aliphatic rings. The zero-order valence-electron chi connectivity index (χ0n) is 72.1. The fourth-order valence-electron chi connectivity index (χ4n) is 21.3. The van der Waals surface area contributed by atoms with Crippen LogP contribution in [0.4, 0.5) is 51.2 Å². The van der Waals surface area contributed by atoms with Crippen LogP contribution in [0.15, 0.2) is 328 Å². The van der Waals surface area contributed by atoms with Gasteiger partial charge in [-0.25, -0.2) is 0 Å². The Morgan fingerprint density at radius 1 is 0.248 bits per heavy atom. The SMILES string of the molecule is CC(C)(C)c1cc(-c2cc3c4c(c2)N(c2cc(C(C)(C)C)cc(C(C)(C)C)c2)c2cc5c(cc2B4c2ccccc2N3c2ccccc2)B2c3ccccc3N(c3c(-c4ccccc4)cc(C(C)(C)C)cc3-c3ccccc3)c3c2c(cc2cc(-c4cccc6c4C4(c7ccccc7-c7ccccc74)c4ccccc4-6)ccc32)O5)cc(C(C)(C)C)c1. The highest BCUT2D eigenvalue weighted by atomic mass is 16.5. The molecule has 0 aromatic heterocycles. The third-order valence-corrected chi connectivity index (χ3v) is 27.4. The first kappa shape index (κ1) is 74.4. The van der Waals surface area contributed by atoms with Crippen LogP contribution in [0.5, 0.6) is 11.5 Å². The predicted octanol–water partition coefficient (Wildman–Crippen LogP) is 26.8. The van der Waals surface area contributed by atoms with Gasteiger partial charge in [0.05, 0.1) is 16.8 Å². The van der Waals surface area contributed by atoms with E-state index in [9.17, 15) is 0 Å². The normalized spacial score (nSPS) is 14.3. The fraction of sp³-hybridized carbons (Fsp3) is 0.183. The Kier molecular flexibility index (Phi) is 16.3. The number of fused-ring (bicyclic) bond motifs is 20. The second-order valence-corrected chi connectivity index (χ2v) is 40.0. The van der Waals surface area contributed by atoms with Gasteiger partial charge in [-0.3, -0.25) is 0 Å². The van der Waals surface area contributed by atoms with Gasteiger partial charge in [0.25, 0.3) is 13.4 Å². The Morgan fingerprint density at radius 3 is 1.21 bits per heavy atom. The first-order valence-electron chi connectivity index (χ1n) is 43.5. The average Bonchev–Trinajstić information content (AvgIpc) is 1.59. The van der Waals surface area contributed by atoms with Crippen LogP contribution in [-0.2, 0) is 32.5 Å². The van der Waals surface area contributed by atoms with Crippen LogP contribution < -0.4 is 52.2 Å². The van der Waals surface area contributed by atoms with E-state index in [0.29, 0.717) is 0 Å². The smallest absolute Gasteiger partial charge is 0.256 e. The average molecular weight is 1560 g/mol. The lowest BCUT2D eigenvalue weighted by Gasteiger charge is -2.46. The number of rotatable bonds is 7. The molecule has 0 saturated carbocycles. The summed E-state index contributed by atoms with van der Waals surface area (Å²) in [7, 11) is 0. The summed E-state index contributed by atoms with van der Waals surface area (Å²) >= 11 is 0.